The van der Waals surface area contributed by atoms with Gasteiger partial charge in [0.15, 0.2) is 0 Å². The quantitative estimate of drug-likeness (QED) is 0.706. The second-order valence-corrected chi connectivity index (χ2v) is 3.32. The van der Waals surface area contributed by atoms with E-state index in [1.165, 1.54) is 18.2 Å². The van der Waals surface area contributed by atoms with Crippen molar-refractivity contribution in [3.63, 3.8) is 0 Å². The molecule has 3 amide bonds. The summed E-state index contributed by atoms with van der Waals surface area (Å²) in [5, 5.41) is 2.45. The van der Waals surface area contributed by atoms with Gasteiger partial charge in [0, 0.05) is 0 Å². The maximum Gasteiger partial charge on any atom is 0.329 e. The smallest absolute Gasteiger partial charge is 0.326 e. The van der Waals surface area contributed by atoms with E-state index in [4.69, 9.17) is 0 Å². The Morgan fingerprint density at radius 2 is 2.13 bits per heavy atom. The molecule has 0 bridgehead atoms. The summed E-state index contributed by atoms with van der Waals surface area (Å²) in [5.74, 6) is -0.849. The predicted octanol–water partition coefficient (Wildman–Crippen LogP) is 1.27. The van der Waals surface area contributed by atoms with Crippen molar-refractivity contribution < 1.29 is 14.0 Å². The highest BCUT2D eigenvalue weighted by molar-refractivity contribution is 6.21. The van der Waals surface area contributed by atoms with Crippen molar-refractivity contribution >= 4 is 17.6 Å². The fraction of sp³-hybridized carbons (Fsp3) is 0.200. The van der Waals surface area contributed by atoms with Gasteiger partial charge < -0.3 is 5.32 Å². The Kier molecular flexibility index (Phi) is 2.15. The van der Waals surface area contributed by atoms with Gasteiger partial charge in [-0.1, -0.05) is 6.07 Å². The van der Waals surface area contributed by atoms with Crippen molar-refractivity contribution in [1.29, 1.82) is 0 Å². The van der Waals surface area contributed by atoms with Gasteiger partial charge in [-0.3, -0.25) is 4.79 Å². The number of nitrogens with zero attached hydrogens (tertiary/aromatic N) is 1. The first-order valence-electron chi connectivity index (χ1n) is 4.49. The van der Waals surface area contributed by atoms with Crippen LogP contribution in [0.3, 0.4) is 0 Å². The number of benzene rings is 1. The number of hydrogen-bond donors (Lipinski definition) is 1. The lowest BCUT2D eigenvalue weighted by atomic mass is 10.2. The molecule has 1 fully saturated rings. The van der Waals surface area contributed by atoms with Crippen molar-refractivity contribution in [2.45, 2.75) is 13.0 Å². The largest absolute Gasteiger partial charge is 0.329 e. The number of imide groups is 1. The molecule has 1 aliphatic heterocycles. The van der Waals surface area contributed by atoms with Crippen LogP contribution < -0.4 is 10.2 Å². The van der Waals surface area contributed by atoms with Crippen LogP contribution in [0.2, 0.25) is 0 Å². The molecule has 1 N–H and O–H groups in total. The highest BCUT2D eigenvalue weighted by Gasteiger charge is 2.36. The maximum atomic E-state index is 12.9. The number of rotatable bonds is 1. The lowest BCUT2D eigenvalue weighted by molar-refractivity contribution is -0.117. The molecule has 4 nitrogen and oxygen atoms in total. The van der Waals surface area contributed by atoms with Crippen LogP contribution in [-0.4, -0.2) is 18.0 Å². The molecule has 0 saturated carbocycles. The molecule has 0 aromatic heterocycles. The molecule has 1 unspecified atom stereocenters. The Balaban J connectivity index is 2.39. The third kappa shape index (κ3) is 1.56. The minimum Gasteiger partial charge on any atom is -0.326 e. The first-order valence-corrected chi connectivity index (χ1v) is 4.49. The molecule has 1 heterocycles. The van der Waals surface area contributed by atoms with Gasteiger partial charge in [-0.15, -0.1) is 0 Å². The maximum absolute atomic E-state index is 12.9. The summed E-state index contributed by atoms with van der Waals surface area (Å²) in [4.78, 5) is 23.9. The summed E-state index contributed by atoms with van der Waals surface area (Å²) < 4.78 is 12.9. The second kappa shape index (κ2) is 3.34. The van der Waals surface area contributed by atoms with Crippen LogP contribution in [0.15, 0.2) is 24.3 Å². The van der Waals surface area contributed by atoms with Crippen LogP contribution in [0.25, 0.3) is 0 Å². The minimum absolute atomic E-state index is 0.252. The van der Waals surface area contributed by atoms with E-state index in [1.807, 2.05) is 0 Å². The van der Waals surface area contributed by atoms with Crippen LogP contribution in [0.4, 0.5) is 14.9 Å². The third-order valence-electron chi connectivity index (χ3n) is 2.20. The molecule has 5 heteroatoms. The van der Waals surface area contributed by atoms with Crippen molar-refractivity contribution in [2.75, 3.05) is 4.90 Å². The minimum atomic E-state index is -0.555. The van der Waals surface area contributed by atoms with E-state index in [1.54, 1.807) is 6.92 Å². The molecule has 78 valence electrons. The Morgan fingerprint density at radius 1 is 1.40 bits per heavy atom. The van der Waals surface area contributed by atoms with Crippen LogP contribution in [0.1, 0.15) is 6.92 Å². The van der Waals surface area contributed by atoms with E-state index >= 15 is 0 Å². The number of anilines is 1. The standard InChI is InChI=1S/C10H9FN2O2/c1-6-9(14)13(10(15)12-6)8-4-2-3-7(11)5-8/h2-6H,1H3,(H,12,15). The predicted molar refractivity (Wildman–Crippen MR) is 51.9 cm³/mol. The Bertz CT molecular complexity index is 433. The Labute approximate surface area is 85.7 Å². The molecule has 1 atom stereocenters. The molecule has 0 spiro atoms. The lowest BCUT2D eigenvalue weighted by Crippen LogP contribution is -2.30. The van der Waals surface area contributed by atoms with Crippen LogP contribution >= 0.6 is 0 Å². The number of nitrogens with one attached hydrogen (secondary N) is 1. The monoisotopic (exact) mass is 208 g/mol. The fourth-order valence-electron chi connectivity index (χ4n) is 1.46. The van der Waals surface area contributed by atoms with Crippen molar-refractivity contribution in [1.82, 2.24) is 5.32 Å². The van der Waals surface area contributed by atoms with Gasteiger partial charge in [-0.25, -0.2) is 14.1 Å². The first kappa shape index (κ1) is 9.64. The number of halogens is 1. The Morgan fingerprint density at radius 3 is 2.67 bits per heavy atom. The average molecular weight is 208 g/mol. The van der Waals surface area contributed by atoms with Gasteiger partial charge >= 0.3 is 6.03 Å². The second-order valence-electron chi connectivity index (χ2n) is 3.32. The third-order valence-corrected chi connectivity index (χ3v) is 2.20. The van der Waals surface area contributed by atoms with Gasteiger partial charge in [0.2, 0.25) is 0 Å². The van der Waals surface area contributed by atoms with Crippen molar-refractivity contribution in [3.05, 3.63) is 30.1 Å². The number of urea groups is 1. The SMILES string of the molecule is CC1NC(=O)N(c2cccc(F)c2)C1=O. The molecule has 1 aliphatic rings. The average Bonchev–Trinajstić information content (AvgIpc) is 2.41. The summed E-state index contributed by atoms with van der Waals surface area (Å²) in [7, 11) is 0. The molecular weight excluding hydrogens is 199 g/mol. The van der Waals surface area contributed by atoms with E-state index in [0.717, 1.165) is 11.0 Å². The summed E-state index contributed by atoms with van der Waals surface area (Å²) in [5.41, 5.74) is 0.252. The number of hydrogen-bond acceptors (Lipinski definition) is 2. The van der Waals surface area contributed by atoms with Gasteiger partial charge in [0.1, 0.15) is 11.9 Å². The van der Waals surface area contributed by atoms with Gasteiger partial charge in [0.05, 0.1) is 5.69 Å². The van der Waals surface area contributed by atoms with E-state index in [-0.39, 0.29) is 11.6 Å². The van der Waals surface area contributed by atoms with Crippen LogP contribution in [0.5, 0.6) is 0 Å². The van der Waals surface area contributed by atoms with E-state index < -0.39 is 17.9 Å². The summed E-state index contributed by atoms with van der Waals surface area (Å²) >= 11 is 0. The molecule has 15 heavy (non-hydrogen) atoms. The van der Waals surface area contributed by atoms with E-state index in [2.05, 4.69) is 5.32 Å². The first-order chi connectivity index (χ1) is 7.09. The zero-order valence-corrected chi connectivity index (χ0v) is 8.03. The topological polar surface area (TPSA) is 49.4 Å². The molecule has 1 saturated heterocycles. The molecule has 2 rings (SSSR count). The summed E-state index contributed by atoms with van der Waals surface area (Å²) in [6.07, 6.45) is 0. The zero-order valence-electron chi connectivity index (χ0n) is 8.03. The normalized spacial score (nSPS) is 20.7. The van der Waals surface area contributed by atoms with Gasteiger partial charge in [-0.05, 0) is 25.1 Å². The molecular formula is C10H9FN2O2. The molecule has 0 radical (unpaired) electrons. The molecule has 0 aliphatic carbocycles. The molecule has 1 aromatic rings. The summed E-state index contributed by atoms with van der Waals surface area (Å²) in [6, 6.07) is 4.30. The highest BCUT2D eigenvalue weighted by atomic mass is 19.1. The molecule has 1 aromatic carbocycles. The lowest BCUT2D eigenvalue weighted by Gasteiger charge is -2.12. The van der Waals surface area contributed by atoms with Gasteiger partial charge in [0.25, 0.3) is 5.91 Å². The van der Waals surface area contributed by atoms with Gasteiger partial charge in [-0.2, -0.15) is 0 Å². The van der Waals surface area contributed by atoms with E-state index in [0.29, 0.717) is 0 Å². The number of carbonyl (C=O) groups is 2. The van der Waals surface area contributed by atoms with Crippen LogP contribution in [-0.2, 0) is 4.79 Å². The number of carbonyl (C=O) groups excluding carboxylic acids is 2. The summed E-state index contributed by atoms with van der Waals surface area (Å²) in [6.45, 7) is 1.58. The van der Waals surface area contributed by atoms with E-state index in [9.17, 15) is 14.0 Å². The zero-order chi connectivity index (χ0) is 11.0. The Hall–Kier alpha value is -1.91. The van der Waals surface area contributed by atoms with Crippen LogP contribution in [0, 0.1) is 5.82 Å². The van der Waals surface area contributed by atoms with Crippen molar-refractivity contribution in [2.24, 2.45) is 0 Å². The fourth-order valence-corrected chi connectivity index (χ4v) is 1.46. The highest BCUT2D eigenvalue weighted by Crippen LogP contribution is 2.19. The van der Waals surface area contributed by atoms with Crippen molar-refractivity contribution in [3.8, 4) is 0 Å². The number of amides is 3.